The van der Waals surface area contributed by atoms with Crippen molar-refractivity contribution in [2.45, 2.75) is 20.4 Å². The molecule has 1 nitrogen and oxygen atoms in total. The molecule has 1 heteroatoms. The van der Waals surface area contributed by atoms with Crippen molar-refractivity contribution >= 4 is 11.4 Å². The van der Waals surface area contributed by atoms with Gasteiger partial charge < -0.3 is 4.90 Å². The van der Waals surface area contributed by atoms with E-state index < -0.39 is 0 Å². The maximum absolute atomic E-state index is 3.87. The van der Waals surface area contributed by atoms with E-state index in [1.165, 1.54) is 27.9 Å². The van der Waals surface area contributed by atoms with E-state index in [0.29, 0.717) is 0 Å². The van der Waals surface area contributed by atoms with Gasteiger partial charge in [-0.25, -0.2) is 0 Å². The van der Waals surface area contributed by atoms with E-state index in [1.54, 1.807) is 0 Å². The van der Waals surface area contributed by atoms with Crippen LogP contribution < -0.4 is 4.90 Å². The highest BCUT2D eigenvalue weighted by Gasteiger charge is 2.25. The monoisotopic (exact) mass is 247 g/mol. The number of hydrogen-bond donors (Lipinski definition) is 0. The Morgan fingerprint density at radius 2 is 1.74 bits per heavy atom. The van der Waals surface area contributed by atoms with Crippen molar-refractivity contribution in [2.24, 2.45) is 0 Å². The molecule has 0 saturated carbocycles. The number of benzene rings is 2. The first-order valence-electron chi connectivity index (χ1n) is 6.54. The van der Waals surface area contributed by atoms with Crippen LogP contribution in [0, 0.1) is 13.8 Å². The van der Waals surface area contributed by atoms with Gasteiger partial charge in [0.2, 0.25) is 0 Å². The molecule has 1 heterocycles. The summed E-state index contributed by atoms with van der Waals surface area (Å²) in [6.45, 7) is 9.09. The lowest BCUT2D eigenvalue weighted by atomic mass is 10.0. The minimum atomic E-state index is 0.901. The van der Waals surface area contributed by atoms with Crippen LogP contribution in [-0.4, -0.2) is 0 Å². The molecule has 1 aliphatic heterocycles. The topological polar surface area (TPSA) is 3.24 Å². The predicted octanol–water partition coefficient (Wildman–Crippen LogP) is 4.45. The standard InChI is InChI=1S/C18H17N/c1-4-18-17-11-14(3)13(2)10-15(17)12-19(18)16-8-6-5-7-9-16/h5-11H,1,12H2,2-3H3. The Labute approximate surface area is 114 Å². The molecular formula is C18H17N. The molecular weight excluding hydrogens is 230 g/mol. The average Bonchev–Trinajstić information content (AvgIpc) is 2.78. The minimum absolute atomic E-state index is 0.901. The molecule has 0 aromatic heterocycles. The third-order valence-electron chi connectivity index (χ3n) is 3.81. The van der Waals surface area contributed by atoms with Crippen LogP contribution in [0.15, 0.2) is 54.8 Å². The fraction of sp³-hybridized carbons (Fsp3) is 0.167. The van der Waals surface area contributed by atoms with Crippen molar-refractivity contribution in [1.29, 1.82) is 0 Å². The molecule has 2 aromatic rings. The van der Waals surface area contributed by atoms with Gasteiger partial charge in [-0.2, -0.15) is 0 Å². The summed E-state index contributed by atoms with van der Waals surface area (Å²) in [4.78, 5) is 2.27. The maximum atomic E-state index is 3.87. The Balaban J connectivity index is 2.12. The molecule has 94 valence electrons. The lowest BCUT2D eigenvalue weighted by molar-refractivity contribution is 1.04. The van der Waals surface area contributed by atoms with Crippen LogP contribution in [0.4, 0.5) is 5.69 Å². The number of hydrogen-bond acceptors (Lipinski definition) is 1. The quantitative estimate of drug-likeness (QED) is 0.673. The van der Waals surface area contributed by atoms with Crippen LogP contribution >= 0.6 is 0 Å². The number of anilines is 1. The smallest absolute Gasteiger partial charge is 0.0918 e. The lowest BCUT2D eigenvalue weighted by Gasteiger charge is -2.18. The van der Waals surface area contributed by atoms with Crippen molar-refractivity contribution in [3.05, 3.63) is 77.0 Å². The fourth-order valence-electron chi connectivity index (χ4n) is 2.64. The van der Waals surface area contributed by atoms with Crippen LogP contribution in [0.1, 0.15) is 22.3 Å². The highest BCUT2D eigenvalue weighted by Crippen LogP contribution is 2.37. The van der Waals surface area contributed by atoms with E-state index in [-0.39, 0.29) is 0 Å². The highest BCUT2D eigenvalue weighted by atomic mass is 15.2. The molecule has 0 fully saturated rings. The molecule has 0 radical (unpaired) electrons. The van der Waals surface area contributed by atoms with Gasteiger partial charge in [0.25, 0.3) is 0 Å². The van der Waals surface area contributed by atoms with Crippen LogP contribution in [0.2, 0.25) is 0 Å². The van der Waals surface area contributed by atoms with Gasteiger partial charge >= 0.3 is 0 Å². The number of nitrogens with zero attached hydrogens (tertiary/aromatic N) is 1. The SMILES string of the molecule is C=C=C1c2cc(C)c(C)cc2CN1c1ccccc1. The van der Waals surface area contributed by atoms with E-state index in [1.807, 2.05) is 6.07 Å². The molecule has 19 heavy (non-hydrogen) atoms. The molecule has 3 rings (SSSR count). The van der Waals surface area contributed by atoms with Crippen molar-refractivity contribution in [3.8, 4) is 0 Å². The summed E-state index contributed by atoms with van der Waals surface area (Å²) in [7, 11) is 0. The van der Waals surface area contributed by atoms with Gasteiger partial charge in [0.1, 0.15) is 0 Å². The molecule has 0 unspecified atom stereocenters. The van der Waals surface area contributed by atoms with E-state index in [0.717, 1.165) is 12.2 Å². The third-order valence-corrected chi connectivity index (χ3v) is 3.81. The third kappa shape index (κ3) is 1.89. The second kappa shape index (κ2) is 4.46. The average molecular weight is 247 g/mol. The Morgan fingerprint density at radius 3 is 2.42 bits per heavy atom. The molecule has 2 aromatic carbocycles. The second-order valence-electron chi connectivity index (χ2n) is 5.04. The second-order valence-corrected chi connectivity index (χ2v) is 5.04. The summed E-state index contributed by atoms with van der Waals surface area (Å²) >= 11 is 0. The fourth-order valence-corrected chi connectivity index (χ4v) is 2.64. The Bertz CT molecular complexity index is 676. The van der Waals surface area contributed by atoms with E-state index in [4.69, 9.17) is 0 Å². The largest absolute Gasteiger partial charge is 0.330 e. The van der Waals surface area contributed by atoms with Gasteiger partial charge in [-0.3, -0.25) is 0 Å². The maximum Gasteiger partial charge on any atom is 0.0918 e. The van der Waals surface area contributed by atoms with Gasteiger partial charge in [0.05, 0.1) is 5.70 Å². The van der Waals surface area contributed by atoms with Gasteiger partial charge in [-0.15, -0.1) is 5.73 Å². The van der Waals surface area contributed by atoms with Crippen molar-refractivity contribution < 1.29 is 0 Å². The van der Waals surface area contributed by atoms with Gasteiger partial charge in [-0.1, -0.05) is 30.8 Å². The number of para-hydroxylation sites is 1. The molecule has 0 amide bonds. The van der Waals surface area contributed by atoms with E-state index in [2.05, 4.69) is 67.5 Å². The summed E-state index contributed by atoms with van der Waals surface area (Å²) in [5, 5.41) is 0. The van der Waals surface area contributed by atoms with Crippen LogP contribution in [0.3, 0.4) is 0 Å². The normalized spacial score (nSPS) is 13.4. The molecule has 0 saturated heterocycles. The summed E-state index contributed by atoms with van der Waals surface area (Å²) in [5.41, 5.74) is 10.7. The molecule has 0 aliphatic carbocycles. The number of aryl methyl sites for hydroxylation is 2. The first kappa shape index (κ1) is 11.8. The Kier molecular flexibility index (Phi) is 2.77. The first-order valence-corrected chi connectivity index (χ1v) is 6.54. The first-order chi connectivity index (χ1) is 9.20. The Morgan fingerprint density at radius 1 is 1.05 bits per heavy atom. The zero-order chi connectivity index (χ0) is 13.4. The van der Waals surface area contributed by atoms with Crippen molar-refractivity contribution in [1.82, 2.24) is 0 Å². The van der Waals surface area contributed by atoms with Crippen molar-refractivity contribution in [2.75, 3.05) is 4.90 Å². The lowest BCUT2D eigenvalue weighted by Crippen LogP contribution is -2.12. The Hall–Kier alpha value is -2.24. The predicted molar refractivity (Wildman–Crippen MR) is 81.1 cm³/mol. The summed E-state index contributed by atoms with van der Waals surface area (Å²) < 4.78 is 0. The van der Waals surface area contributed by atoms with Crippen LogP contribution in [0.5, 0.6) is 0 Å². The van der Waals surface area contributed by atoms with Gasteiger partial charge in [-0.05, 0) is 48.7 Å². The van der Waals surface area contributed by atoms with Gasteiger partial charge in [0.15, 0.2) is 0 Å². The van der Waals surface area contributed by atoms with Crippen LogP contribution in [0.25, 0.3) is 5.70 Å². The molecule has 0 atom stereocenters. The molecule has 0 bridgehead atoms. The molecule has 0 N–H and O–H groups in total. The van der Waals surface area contributed by atoms with E-state index in [9.17, 15) is 0 Å². The molecule has 1 aliphatic rings. The molecule has 0 spiro atoms. The summed E-state index contributed by atoms with van der Waals surface area (Å²) in [5.74, 6) is 0. The zero-order valence-electron chi connectivity index (χ0n) is 11.4. The number of rotatable bonds is 1. The van der Waals surface area contributed by atoms with E-state index >= 15 is 0 Å². The summed E-state index contributed by atoms with van der Waals surface area (Å²) in [6.07, 6.45) is 0. The highest BCUT2D eigenvalue weighted by molar-refractivity contribution is 5.85. The van der Waals surface area contributed by atoms with Crippen molar-refractivity contribution in [3.63, 3.8) is 0 Å². The van der Waals surface area contributed by atoms with Crippen LogP contribution in [-0.2, 0) is 6.54 Å². The zero-order valence-corrected chi connectivity index (χ0v) is 11.4. The van der Waals surface area contributed by atoms with Gasteiger partial charge in [0, 0.05) is 17.8 Å². The number of fused-ring (bicyclic) bond motifs is 1. The summed E-state index contributed by atoms with van der Waals surface area (Å²) in [6, 6.07) is 15.0. The minimum Gasteiger partial charge on any atom is -0.330 e.